The van der Waals surface area contributed by atoms with Crippen molar-refractivity contribution in [1.82, 2.24) is 5.32 Å². The summed E-state index contributed by atoms with van der Waals surface area (Å²) in [7, 11) is 0. The average molecular weight is 287 g/mol. The van der Waals surface area contributed by atoms with Crippen molar-refractivity contribution in [2.75, 3.05) is 0 Å². The van der Waals surface area contributed by atoms with E-state index in [1.165, 1.54) is 16.7 Å². The van der Waals surface area contributed by atoms with E-state index in [1.807, 2.05) is 0 Å². The van der Waals surface area contributed by atoms with E-state index < -0.39 is 0 Å². The average Bonchev–Trinajstić information content (AvgIpc) is 2.61. The van der Waals surface area contributed by atoms with E-state index in [4.69, 9.17) is 0 Å². The van der Waals surface area contributed by atoms with Crippen molar-refractivity contribution in [1.29, 1.82) is 0 Å². The van der Waals surface area contributed by atoms with Crippen LogP contribution in [0.1, 0.15) is 22.7 Å². The molecule has 0 aliphatic carbocycles. The van der Waals surface area contributed by atoms with E-state index >= 15 is 0 Å². The smallest absolute Gasteiger partial charge is 0.0363 e. The van der Waals surface area contributed by atoms with Gasteiger partial charge in [0.05, 0.1) is 0 Å². The topological polar surface area (TPSA) is 12.0 Å². The van der Waals surface area contributed by atoms with Gasteiger partial charge in [-0.25, -0.2) is 0 Å². The molecule has 1 heteroatoms. The van der Waals surface area contributed by atoms with Crippen LogP contribution in [0.3, 0.4) is 0 Å². The molecule has 0 aromatic heterocycles. The Kier molecular flexibility index (Phi) is 5.01. The van der Waals surface area contributed by atoms with Gasteiger partial charge < -0.3 is 5.32 Å². The zero-order valence-electron chi connectivity index (χ0n) is 12.7. The summed E-state index contributed by atoms with van der Waals surface area (Å²) >= 11 is 0. The van der Waals surface area contributed by atoms with Crippen LogP contribution >= 0.6 is 0 Å². The van der Waals surface area contributed by atoms with Gasteiger partial charge in [-0.3, -0.25) is 0 Å². The summed E-state index contributed by atoms with van der Waals surface area (Å²) in [5.41, 5.74) is 4.01. The van der Waals surface area contributed by atoms with Crippen molar-refractivity contribution in [3.8, 4) is 0 Å². The zero-order valence-corrected chi connectivity index (χ0v) is 12.7. The van der Waals surface area contributed by atoms with Gasteiger partial charge in [0, 0.05) is 12.6 Å². The Balaban J connectivity index is 1.74. The summed E-state index contributed by atoms with van der Waals surface area (Å²) in [5, 5.41) is 3.70. The molecule has 110 valence electrons. The van der Waals surface area contributed by atoms with Crippen LogP contribution in [0.4, 0.5) is 0 Å². The summed E-state index contributed by atoms with van der Waals surface area (Å²) in [5.74, 6) is 0. The van der Waals surface area contributed by atoms with Gasteiger partial charge in [-0.05, 0) is 23.1 Å². The van der Waals surface area contributed by atoms with E-state index in [0.717, 1.165) is 13.0 Å². The first kappa shape index (κ1) is 14.6. The minimum absolute atomic E-state index is 0.323. The maximum absolute atomic E-state index is 3.70. The fraction of sp³-hybridized carbons (Fsp3) is 0.143. The minimum Gasteiger partial charge on any atom is -0.306 e. The normalized spacial score (nSPS) is 12.0. The minimum atomic E-state index is 0.323. The van der Waals surface area contributed by atoms with E-state index in [0.29, 0.717) is 6.04 Å². The van der Waals surface area contributed by atoms with Crippen LogP contribution in [-0.2, 0) is 13.0 Å². The molecule has 0 saturated carbocycles. The highest BCUT2D eigenvalue weighted by Crippen LogP contribution is 2.19. The molecule has 0 unspecified atom stereocenters. The molecule has 1 N–H and O–H groups in total. The summed E-state index contributed by atoms with van der Waals surface area (Å²) in [6.45, 7) is 0.882. The van der Waals surface area contributed by atoms with E-state index in [-0.39, 0.29) is 0 Å². The Hall–Kier alpha value is -2.38. The lowest BCUT2D eigenvalue weighted by Crippen LogP contribution is -2.23. The Morgan fingerprint density at radius 2 is 1.09 bits per heavy atom. The van der Waals surface area contributed by atoms with E-state index in [1.54, 1.807) is 0 Å². The molecule has 0 fully saturated rings. The SMILES string of the molecule is c1ccc(CN[C@@H](Cc2ccccc2)c2ccccc2)cc1. The maximum atomic E-state index is 3.70. The van der Waals surface area contributed by atoms with Crippen molar-refractivity contribution in [3.05, 3.63) is 108 Å². The molecule has 0 aliphatic heterocycles. The van der Waals surface area contributed by atoms with Gasteiger partial charge in [0.1, 0.15) is 0 Å². The van der Waals surface area contributed by atoms with Crippen LogP contribution in [-0.4, -0.2) is 0 Å². The Bertz CT molecular complexity index is 662. The van der Waals surface area contributed by atoms with Crippen LogP contribution in [0, 0.1) is 0 Å². The van der Waals surface area contributed by atoms with Crippen LogP contribution in [0.2, 0.25) is 0 Å². The quantitative estimate of drug-likeness (QED) is 0.689. The molecule has 0 amide bonds. The standard InChI is InChI=1S/C21H21N/c1-4-10-18(11-5-1)16-21(20-14-8-3-9-15-20)22-17-19-12-6-2-7-13-19/h1-15,21-22H,16-17H2/t21-/m0/s1. The first-order valence-corrected chi connectivity index (χ1v) is 7.78. The molecule has 3 aromatic rings. The molecule has 1 nitrogen and oxygen atoms in total. The van der Waals surface area contributed by atoms with Crippen LogP contribution in [0.25, 0.3) is 0 Å². The maximum Gasteiger partial charge on any atom is 0.0363 e. The van der Waals surface area contributed by atoms with Crippen molar-refractivity contribution in [2.24, 2.45) is 0 Å². The predicted molar refractivity (Wildman–Crippen MR) is 92.6 cm³/mol. The zero-order chi connectivity index (χ0) is 15.0. The van der Waals surface area contributed by atoms with Gasteiger partial charge in [0.15, 0.2) is 0 Å². The number of hydrogen-bond donors (Lipinski definition) is 1. The van der Waals surface area contributed by atoms with Crippen LogP contribution < -0.4 is 5.32 Å². The molecule has 22 heavy (non-hydrogen) atoms. The lowest BCUT2D eigenvalue weighted by molar-refractivity contribution is 0.530. The fourth-order valence-electron chi connectivity index (χ4n) is 2.68. The van der Waals surface area contributed by atoms with Gasteiger partial charge in [-0.15, -0.1) is 0 Å². The van der Waals surface area contributed by atoms with Crippen molar-refractivity contribution < 1.29 is 0 Å². The summed E-state index contributed by atoms with van der Waals surface area (Å²) in [6, 6.07) is 32.2. The molecule has 0 heterocycles. The third kappa shape index (κ3) is 4.06. The largest absolute Gasteiger partial charge is 0.306 e. The molecule has 1 atom stereocenters. The highest BCUT2D eigenvalue weighted by molar-refractivity contribution is 5.24. The third-order valence-electron chi connectivity index (χ3n) is 3.88. The highest BCUT2D eigenvalue weighted by atomic mass is 14.9. The van der Waals surface area contributed by atoms with Gasteiger partial charge in [0.2, 0.25) is 0 Å². The lowest BCUT2D eigenvalue weighted by atomic mass is 9.98. The number of hydrogen-bond acceptors (Lipinski definition) is 1. The van der Waals surface area contributed by atoms with Gasteiger partial charge in [-0.1, -0.05) is 91.0 Å². The lowest BCUT2D eigenvalue weighted by Gasteiger charge is -2.19. The Morgan fingerprint density at radius 3 is 1.68 bits per heavy atom. The molecule has 3 aromatic carbocycles. The molecular formula is C21H21N. The first-order chi connectivity index (χ1) is 10.9. The Labute approximate surface area is 132 Å². The van der Waals surface area contributed by atoms with Crippen LogP contribution in [0.5, 0.6) is 0 Å². The third-order valence-corrected chi connectivity index (χ3v) is 3.88. The Morgan fingerprint density at radius 1 is 0.591 bits per heavy atom. The molecule has 0 spiro atoms. The van der Waals surface area contributed by atoms with E-state index in [9.17, 15) is 0 Å². The number of rotatable bonds is 6. The van der Waals surface area contributed by atoms with Gasteiger partial charge in [0.25, 0.3) is 0 Å². The van der Waals surface area contributed by atoms with Crippen molar-refractivity contribution in [3.63, 3.8) is 0 Å². The molecule has 3 rings (SSSR count). The molecule has 0 saturated heterocycles. The van der Waals surface area contributed by atoms with Gasteiger partial charge >= 0.3 is 0 Å². The fourth-order valence-corrected chi connectivity index (χ4v) is 2.68. The second-order valence-corrected chi connectivity index (χ2v) is 5.52. The van der Waals surface area contributed by atoms with Gasteiger partial charge in [-0.2, -0.15) is 0 Å². The molecule has 0 radical (unpaired) electrons. The number of nitrogens with one attached hydrogen (secondary N) is 1. The second kappa shape index (κ2) is 7.58. The summed E-state index contributed by atoms with van der Waals surface area (Å²) in [4.78, 5) is 0. The summed E-state index contributed by atoms with van der Waals surface area (Å²) < 4.78 is 0. The predicted octanol–water partition coefficient (Wildman–Crippen LogP) is 4.76. The summed E-state index contributed by atoms with van der Waals surface area (Å²) in [6.07, 6.45) is 0.998. The molecule has 0 bridgehead atoms. The first-order valence-electron chi connectivity index (χ1n) is 7.78. The van der Waals surface area contributed by atoms with Crippen molar-refractivity contribution >= 4 is 0 Å². The van der Waals surface area contributed by atoms with Crippen molar-refractivity contribution in [2.45, 2.75) is 19.0 Å². The van der Waals surface area contributed by atoms with Crippen LogP contribution in [0.15, 0.2) is 91.0 Å². The molecule has 0 aliphatic rings. The second-order valence-electron chi connectivity index (χ2n) is 5.52. The highest BCUT2D eigenvalue weighted by Gasteiger charge is 2.11. The number of benzene rings is 3. The molecular weight excluding hydrogens is 266 g/mol. The van der Waals surface area contributed by atoms with E-state index in [2.05, 4.69) is 96.3 Å². The monoisotopic (exact) mass is 287 g/mol.